The Balaban J connectivity index is 1.48. The van der Waals surface area contributed by atoms with Crippen molar-refractivity contribution in [2.45, 2.75) is 58.2 Å². The fourth-order valence-electron chi connectivity index (χ4n) is 4.90. The second-order valence-corrected chi connectivity index (χ2v) is 17.3. The van der Waals surface area contributed by atoms with Crippen LogP contribution in [0.2, 0.25) is 25.7 Å². The van der Waals surface area contributed by atoms with Gasteiger partial charge in [-0.05, 0) is 49.2 Å². The molecule has 5 rings (SSSR count). The van der Waals surface area contributed by atoms with E-state index in [1.54, 1.807) is 0 Å². The number of aryl methyl sites for hydroxylation is 1. The number of pyridine rings is 1. The summed E-state index contributed by atoms with van der Waals surface area (Å²) in [5, 5.41) is 5.75. The van der Waals surface area contributed by atoms with Crippen LogP contribution in [0.3, 0.4) is 0 Å². The van der Waals surface area contributed by atoms with Gasteiger partial charge >= 0.3 is 0 Å². The minimum atomic E-state index is -1.15. The molecule has 0 aliphatic heterocycles. The van der Waals surface area contributed by atoms with Crippen molar-refractivity contribution in [3.63, 3.8) is 0 Å². The Kier molecular flexibility index (Phi) is 8.11. The van der Waals surface area contributed by atoms with Crippen LogP contribution in [0.1, 0.15) is 30.7 Å². The molecule has 3 heterocycles. The highest BCUT2D eigenvalue weighted by atomic mass is 79.9. The zero-order valence-electron chi connectivity index (χ0n) is 22.7. The number of aromatic nitrogens is 5. The molecule has 6 nitrogen and oxygen atoms in total. The molecule has 0 N–H and O–H groups in total. The predicted molar refractivity (Wildman–Crippen MR) is 163 cm³/mol. The van der Waals surface area contributed by atoms with E-state index in [-0.39, 0.29) is 5.92 Å². The molecule has 5 aromatic rings. The Bertz CT molecular complexity index is 1520. The van der Waals surface area contributed by atoms with E-state index in [4.69, 9.17) is 14.8 Å². The first kappa shape index (κ1) is 26.8. The number of alkyl halides is 1. The minimum absolute atomic E-state index is 0.138. The van der Waals surface area contributed by atoms with Crippen LogP contribution in [-0.4, -0.2) is 44.3 Å². The Hall–Kier alpha value is -2.81. The molecule has 0 amide bonds. The zero-order valence-corrected chi connectivity index (χ0v) is 25.3. The number of benzene rings is 2. The summed E-state index contributed by atoms with van der Waals surface area (Å²) in [4.78, 5) is 9.75. The van der Waals surface area contributed by atoms with E-state index in [9.17, 15) is 0 Å². The van der Waals surface area contributed by atoms with Crippen molar-refractivity contribution in [1.29, 1.82) is 0 Å². The molecule has 0 radical (unpaired) electrons. The van der Waals surface area contributed by atoms with Gasteiger partial charge < -0.3 is 9.30 Å². The standard InChI is InChI=1S/C30H36BrN5OSi/c1-5-36-27-11-8-18-32-29(27)28(34-36)23-14-12-22(13-15-23)24(16-17-31)30-33-25-9-6-7-10-26(25)35(30)21-37-19-20-38(2,3)4/h6-15,18,24H,5,16-17,19-21H2,1-4H3. The van der Waals surface area contributed by atoms with Crippen molar-refractivity contribution in [2.75, 3.05) is 11.9 Å². The summed E-state index contributed by atoms with van der Waals surface area (Å²) in [6, 6.07) is 22.3. The van der Waals surface area contributed by atoms with E-state index >= 15 is 0 Å². The molecule has 0 saturated heterocycles. The molecule has 0 aliphatic carbocycles. The summed E-state index contributed by atoms with van der Waals surface area (Å²) >= 11 is 3.70. The molecule has 3 aromatic heterocycles. The highest BCUT2D eigenvalue weighted by Crippen LogP contribution is 2.33. The second-order valence-electron chi connectivity index (χ2n) is 10.9. The Morgan fingerprint density at radius 2 is 1.74 bits per heavy atom. The second kappa shape index (κ2) is 11.5. The SMILES string of the molecule is CCn1nc(-c2ccc(C(CCBr)c3nc4ccccc4n3COCC[Si](C)(C)C)cc2)c2ncccc21. The number of hydrogen-bond acceptors (Lipinski definition) is 4. The third-order valence-corrected chi connectivity index (χ3v) is 9.17. The average molecular weight is 591 g/mol. The summed E-state index contributed by atoms with van der Waals surface area (Å²) in [5.41, 5.74) is 7.37. The first-order chi connectivity index (χ1) is 18.4. The fourth-order valence-corrected chi connectivity index (χ4v) is 6.12. The lowest BCUT2D eigenvalue weighted by Crippen LogP contribution is -2.22. The van der Waals surface area contributed by atoms with E-state index in [1.165, 1.54) is 5.56 Å². The van der Waals surface area contributed by atoms with Crippen molar-refractivity contribution >= 4 is 46.1 Å². The molecule has 0 spiro atoms. The van der Waals surface area contributed by atoms with Gasteiger partial charge in [0.05, 0.1) is 16.6 Å². The quantitative estimate of drug-likeness (QED) is 0.0899. The van der Waals surface area contributed by atoms with Crippen molar-refractivity contribution < 1.29 is 4.74 Å². The van der Waals surface area contributed by atoms with Crippen molar-refractivity contribution in [2.24, 2.45) is 0 Å². The largest absolute Gasteiger partial charge is 0.361 e. The molecule has 0 bridgehead atoms. The molecule has 1 atom stereocenters. The number of imidazole rings is 1. The number of fused-ring (bicyclic) bond motifs is 2. The molecule has 38 heavy (non-hydrogen) atoms. The summed E-state index contributed by atoms with van der Waals surface area (Å²) in [6.07, 6.45) is 2.77. The van der Waals surface area contributed by atoms with Crippen LogP contribution in [-0.2, 0) is 18.0 Å². The number of nitrogens with zero attached hydrogens (tertiary/aromatic N) is 5. The summed E-state index contributed by atoms with van der Waals surface area (Å²) in [7, 11) is -1.15. The lowest BCUT2D eigenvalue weighted by molar-refractivity contribution is 0.0874. The number of halogens is 1. The third kappa shape index (κ3) is 5.62. The van der Waals surface area contributed by atoms with E-state index in [2.05, 4.69) is 107 Å². The molecule has 2 aromatic carbocycles. The van der Waals surface area contributed by atoms with E-state index in [0.29, 0.717) is 6.73 Å². The molecule has 0 saturated carbocycles. The maximum absolute atomic E-state index is 6.23. The predicted octanol–water partition coefficient (Wildman–Crippen LogP) is 7.70. The lowest BCUT2D eigenvalue weighted by Gasteiger charge is -2.20. The first-order valence-electron chi connectivity index (χ1n) is 13.4. The molecule has 1 unspecified atom stereocenters. The van der Waals surface area contributed by atoms with E-state index < -0.39 is 8.07 Å². The molecular formula is C30H36BrN5OSi. The Morgan fingerprint density at radius 1 is 0.974 bits per heavy atom. The smallest absolute Gasteiger partial charge is 0.124 e. The highest BCUT2D eigenvalue weighted by Gasteiger charge is 2.23. The monoisotopic (exact) mass is 589 g/mol. The van der Waals surface area contributed by atoms with Crippen molar-refractivity contribution in [3.05, 3.63) is 78.2 Å². The van der Waals surface area contributed by atoms with Crippen LogP contribution in [0.15, 0.2) is 66.9 Å². The topological polar surface area (TPSA) is 57.8 Å². The Morgan fingerprint density at radius 3 is 2.47 bits per heavy atom. The van der Waals surface area contributed by atoms with Crippen LogP contribution in [0.4, 0.5) is 0 Å². The van der Waals surface area contributed by atoms with Gasteiger partial charge in [0.25, 0.3) is 0 Å². The third-order valence-electron chi connectivity index (χ3n) is 7.01. The number of ether oxygens (including phenoxy) is 1. The molecule has 198 valence electrons. The van der Waals surface area contributed by atoms with Gasteiger partial charge in [-0.2, -0.15) is 5.10 Å². The van der Waals surface area contributed by atoms with Gasteiger partial charge in [0.2, 0.25) is 0 Å². The lowest BCUT2D eigenvalue weighted by atomic mass is 9.94. The van der Waals surface area contributed by atoms with Gasteiger partial charge in [0.15, 0.2) is 0 Å². The number of hydrogen-bond donors (Lipinski definition) is 0. The molecular weight excluding hydrogens is 554 g/mol. The van der Waals surface area contributed by atoms with Gasteiger partial charge in [-0.15, -0.1) is 0 Å². The normalized spacial score (nSPS) is 13.0. The van der Waals surface area contributed by atoms with Crippen LogP contribution in [0.25, 0.3) is 33.3 Å². The van der Waals surface area contributed by atoms with Gasteiger partial charge in [-0.1, -0.05) is 72.0 Å². The number of para-hydroxylation sites is 2. The van der Waals surface area contributed by atoms with E-state index in [0.717, 1.165) is 70.1 Å². The van der Waals surface area contributed by atoms with Crippen LogP contribution >= 0.6 is 15.9 Å². The summed E-state index contributed by atoms with van der Waals surface area (Å²) in [5.74, 6) is 1.19. The maximum atomic E-state index is 6.23. The van der Waals surface area contributed by atoms with Crippen LogP contribution in [0.5, 0.6) is 0 Å². The van der Waals surface area contributed by atoms with Crippen molar-refractivity contribution in [3.8, 4) is 11.3 Å². The summed E-state index contributed by atoms with van der Waals surface area (Å²) in [6.45, 7) is 11.4. The molecule has 0 fully saturated rings. The van der Waals surface area contributed by atoms with Gasteiger partial charge in [-0.3, -0.25) is 9.67 Å². The van der Waals surface area contributed by atoms with Crippen molar-refractivity contribution in [1.82, 2.24) is 24.3 Å². The van der Waals surface area contributed by atoms with Gasteiger partial charge in [-0.25, -0.2) is 4.98 Å². The molecule has 0 aliphatic rings. The maximum Gasteiger partial charge on any atom is 0.124 e. The van der Waals surface area contributed by atoms with Gasteiger partial charge in [0, 0.05) is 44.2 Å². The van der Waals surface area contributed by atoms with Crippen LogP contribution in [0, 0.1) is 0 Å². The molecule has 8 heteroatoms. The van der Waals surface area contributed by atoms with Crippen LogP contribution < -0.4 is 0 Å². The van der Waals surface area contributed by atoms with E-state index in [1.807, 2.05) is 16.9 Å². The zero-order chi connectivity index (χ0) is 26.7. The Labute approximate surface area is 234 Å². The highest BCUT2D eigenvalue weighted by molar-refractivity contribution is 9.09. The first-order valence-corrected chi connectivity index (χ1v) is 18.2. The average Bonchev–Trinajstić information content (AvgIpc) is 3.48. The number of rotatable bonds is 11. The van der Waals surface area contributed by atoms with Gasteiger partial charge in [0.1, 0.15) is 23.8 Å². The summed E-state index contributed by atoms with van der Waals surface area (Å²) < 4.78 is 10.5. The minimum Gasteiger partial charge on any atom is -0.361 e. The fraction of sp³-hybridized carbons (Fsp3) is 0.367.